The predicted molar refractivity (Wildman–Crippen MR) is 109 cm³/mol. The summed E-state index contributed by atoms with van der Waals surface area (Å²) in [7, 11) is 0. The van der Waals surface area contributed by atoms with E-state index in [0.29, 0.717) is 30.4 Å². The van der Waals surface area contributed by atoms with Crippen LogP contribution in [0.1, 0.15) is 35.2 Å². The molecular formula is C20H23F4N3O4S. The molecule has 1 aromatic carbocycles. The van der Waals surface area contributed by atoms with E-state index in [-0.39, 0.29) is 31.8 Å². The van der Waals surface area contributed by atoms with Gasteiger partial charge in [0.15, 0.2) is 0 Å². The number of carbonyl (C=O) groups is 3. The molecule has 2 N–H and O–H groups in total. The lowest BCUT2D eigenvalue weighted by Crippen LogP contribution is -2.60. The van der Waals surface area contributed by atoms with Gasteiger partial charge in [0, 0.05) is 25.9 Å². The van der Waals surface area contributed by atoms with Crippen LogP contribution in [0.2, 0.25) is 0 Å². The minimum absolute atomic E-state index is 0.0156. The highest BCUT2D eigenvalue weighted by Gasteiger charge is 2.52. The Morgan fingerprint density at radius 2 is 1.94 bits per heavy atom. The summed E-state index contributed by atoms with van der Waals surface area (Å²) in [6, 6.07) is 1.19. The molecule has 2 aliphatic heterocycles. The van der Waals surface area contributed by atoms with Crippen molar-refractivity contribution in [2.75, 3.05) is 31.6 Å². The van der Waals surface area contributed by atoms with E-state index in [4.69, 9.17) is 0 Å². The van der Waals surface area contributed by atoms with Crippen LogP contribution < -0.4 is 5.32 Å². The molecule has 0 saturated carbocycles. The van der Waals surface area contributed by atoms with Gasteiger partial charge in [-0.15, -0.1) is 0 Å². The first-order valence-electron chi connectivity index (χ1n) is 9.94. The van der Waals surface area contributed by atoms with Crippen LogP contribution in [0.4, 0.5) is 17.6 Å². The van der Waals surface area contributed by atoms with E-state index in [2.05, 4.69) is 5.32 Å². The zero-order chi connectivity index (χ0) is 23.7. The minimum atomic E-state index is -4.82. The molecule has 32 heavy (non-hydrogen) atoms. The van der Waals surface area contributed by atoms with Crippen molar-refractivity contribution in [3.8, 4) is 0 Å². The number of likely N-dealkylation sites (tertiary alicyclic amines) is 1. The van der Waals surface area contributed by atoms with Crippen LogP contribution in [-0.2, 0) is 15.8 Å². The first kappa shape index (κ1) is 24.3. The number of nitrogens with one attached hydrogen (secondary N) is 1. The maximum atomic E-state index is 13.6. The Labute approximate surface area is 186 Å². The number of rotatable bonds is 6. The lowest BCUT2D eigenvalue weighted by atomic mass is 9.94. The standard InChI is InChI=1S/C20H23F4N3O4S/c1-32-9-4-15-18(31)27(11-16(28)29)19(25-15)5-7-26(8-6-19)17(30)13-10-12(21)2-3-14(13)20(22,23)24/h2-3,10,15,25H,4-9,11H2,1H3,(H,28,29). The summed E-state index contributed by atoms with van der Waals surface area (Å²) in [5.74, 6) is -2.75. The number of nitrogens with zero attached hydrogens (tertiary/aromatic N) is 2. The molecular weight excluding hydrogens is 454 g/mol. The van der Waals surface area contributed by atoms with Crippen molar-refractivity contribution in [1.82, 2.24) is 15.1 Å². The SMILES string of the molecule is CSCCC1NC2(CCN(C(=O)c3cc(F)ccc3C(F)(F)F)CC2)N(CC(=O)O)C1=O. The number of hydrogen-bond acceptors (Lipinski definition) is 5. The largest absolute Gasteiger partial charge is 0.480 e. The third kappa shape index (κ3) is 4.85. The van der Waals surface area contributed by atoms with E-state index < -0.39 is 53.2 Å². The second-order valence-electron chi connectivity index (χ2n) is 7.81. The normalized spacial score (nSPS) is 20.8. The summed E-state index contributed by atoms with van der Waals surface area (Å²) < 4.78 is 53.5. The van der Waals surface area contributed by atoms with Gasteiger partial charge in [0.2, 0.25) is 5.91 Å². The smallest absolute Gasteiger partial charge is 0.417 e. The maximum absolute atomic E-state index is 13.6. The van der Waals surface area contributed by atoms with Gasteiger partial charge in [0.1, 0.15) is 12.4 Å². The monoisotopic (exact) mass is 477 g/mol. The Bertz CT molecular complexity index is 903. The number of thioether (sulfide) groups is 1. The number of carboxylic acid groups (broad SMARTS) is 1. The molecule has 12 heteroatoms. The fourth-order valence-corrected chi connectivity index (χ4v) is 4.74. The van der Waals surface area contributed by atoms with E-state index in [1.807, 2.05) is 6.26 Å². The second-order valence-corrected chi connectivity index (χ2v) is 8.79. The summed E-state index contributed by atoms with van der Waals surface area (Å²) in [5.41, 5.74) is -2.99. The number of halogens is 4. The van der Waals surface area contributed by atoms with E-state index in [1.54, 1.807) is 11.8 Å². The zero-order valence-electron chi connectivity index (χ0n) is 17.2. The molecule has 176 valence electrons. The Hall–Kier alpha value is -2.34. The van der Waals surface area contributed by atoms with E-state index in [1.165, 1.54) is 9.80 Å². The molecule has 0 radical (unpaired) electrons. The van der Waals surface area contributed by atoms with Gasteiger partial charge in [0.05, 0.1) is 22.8 Å². The Kier molecular flexibility index (Phi) is 7.03. The number of benzene rings is 1. The van der Waals surface area contributed by atoms with Crippen molar-refractivity contribution in [3.63, 3.8) is 0 Å². The van der Waals surface area contributed by atoms with Crippen LogP contribution in [0.25, 0.3) is 0 Å². The number of amides is 2. The van der Waals surface area contributed by atoms with Crippen LogP contribution >= 0.6 is 11.8 Å². The average Bonchev–Trinajstić information content (AvgIpc) is 2.96. The number of carboxylic acids is 1. The molecule has 7 nitrogen and oxygen atoms in total. The summed E-state index contributed by atoms with van der Waals surface area (Å²) in [6.07, 6.45) is -2.15. The molecule has 2 fully saturated rings. The molecule has 2 heterocycles. The van der Waals surface area contributed by atoms with E-state index in [9.17, 15) is 37.1 Å². The van der Waals surface area contributed by atoms with Gasteiger partial charge >= 0.3 is 12.1 Å². The molecule has 2 saturated heterocycles. The fraction of sp³-hybridized carbons (Fsp3) is 0.550. The summed E-state index contributed by atoms with van der Waals surface area (Å²) in [4.78, 5) is 39.4. The minimum Gasteiger partial charge on any atom is -0.480 e. The molecule has 3 rings (SSSR count). The third-order valence-electron chi connectivity index (χ3n) is 5.82. The Balaban J connectivity index is 1.80. The Morgan fingerprint density at radius 3 is 2.50 bits per heavy atom. The van der Waals surface area contributed by atoms with Gasteiger partial charge in [-0.05, 0) is 36.6 Å². The lowest BCUT2D eigenvalue weighted by Gasteiger charge is -2.44. The van der Waals surface area contributed by atoms with Crippen molar-refractivity contribution >= 4 is 29.5 Å². The van der Waals surface area contributed by atoms with E-state index in [0.717, 1.165) is 0 Å². The van der Waals surface area contributed by atoms with Gasteiger partial charge in [-0.3, -0.25) is 19.7 Å². The molecule has 0 aliphatic carbocycles. The molecule has 0 aromatic heterocycles. The summed E-state index contributed by atoms with van der Waals surface area (Å²) >= 11 is 1.54. The summed E-state index contributed by atoms with van der Waals surface area (Å²) in [6.45, 7) is -0.547. The first-order chi connectivity index (χ1) is 15.0. The molecule has 0 bridgehead atoms. The van der Waals surface area contributed by atoms with Crippen molar-refractivity contribution in [3.05, 3.63) is 35.1 Å². The Morgan fingerprint density at radius 1 is 1.28 bits per heavy atom. The molecule has 1 unspecified atom stereocenters. The highest BCUT2D eigenvalue weighted by atomic mass is 32.2. The number of hydrogen-bond donors (Lipinski definition) is 2. The van der Waals surface area contributed by atoms with Crippen molar-refractivity contribution in [2.24, 2.45) is 0 Å². The van der Waals surface area contributed by atoms with Gasteiger partial charge in [-0.1, -0.05) is 0 Å². The van der Waals surface area contributed by atoms with Gasteiger partial charge in [0.25, 0.3) is 5.91 Å². The van der Waals surface area contributed by atoms with Crippen LogP contribution in [-0.4, -0.2) is 76.0 Å². The number of carbonyl (C=O) groups excluding carboxylic acids is 2. The molecule has 2 aliphatic rings. The zero-order valence-corrected chi connectivity index (χ0v) is 18.1. The van der Waals surface area contributed by atoms with Crippen LogP contribution in [0.5, 0.6) is 0 Å². The fourth-order valence-electron chi connectivity index (χ4n) is 4.26. The third-order valence-corrected chi connectivity index (χ3v) is 6.47. The lowest BCUT2D eigenvalue weighted by molar-refractivity contribution is -0.147. The quantitative estimate of drug-likeness (QED) is 0.612. The second kappa shape index (κ2) is 9.26. The summed E-state index contributed by atoms with van der Waals surface area (Å²) in [5, 5.41) is 12.5. The van der Waals surface area contributed by atoms with Gasteiger partial charge < -0.3 is 14.9 Å². The molecule has 1 spiro atoms. The molecule has 1 atom stereocenters. The van der Waals surface area contributed by atoms with Crippen LogP contribution in [0.15, 0.2) is 18.2 Å². The van der Waals surface area contributed by atoms with E-state index >= 15 is 0 Å². The van der Waals surface area contributed by atoms with Crippen LogP contribution in [0, 0.1) is 5.82 Å². The van der Waals surface area contributed by atoms with Crippen molar-refractivity contribution in [1.29, 1.82) is 0 Å². The highest BCUT2D eigenvalue weighted by molar-refractivity contribution is 7.98. The average molecular weight is 477 g/mol. The predicted octanol–water partition coefficient (Wildman–Crippen LogP) is 2.41. The maximum Gasteiger partial charge on any atom is 0.417 e. The number of piperidine rings is 1. The van der Waals surface area contributed by atoms with Gasteiger partial charge in [-0.2, -0.15) is 24.9 Å². The number of alkyl halides is 3. The molecule has 1 aromatic rings. The van der Waals surface area contributed by atoms with Gasteiger partial charge in [-0.25, -0.2) is 4.39 Å². The highest BCUT2D eigenvalue weighted by Crippen LogP contribution is 2.36. The van der Waals surface area contributed by atoms with Crippen LogP contribution in [0.3, 0.4) is 0 Å². The number of aliphatic carboxylic acids is 1. The van der Waals surface area contributed by atoms with Crippen molar-refractivity contribution < 1.29 is 37.1 Å². The van der Waals surface area contributed by atoms with Crippen molar-refractivity contribution in [2.45, 2.75) is 37.1 Å². The topological polar surface area (TPSA) is 90.0 Å². The molecule has 2 amide bonds. The first-order valence-corrected chi connectivity index (χ1v) is 11.3.